The van der Waals surface area contributed by atoms with Gasteiger partial charge in [-0.05, 0) is 25.1 Å². The van der Waals surface area contributed by atoms with Crippen molar-refractivity contribution in [2.45, 2.75) is 13.5 Å². The van der Waals surface area contributed by atoms with Crippen LogP contribution in [0.2, 0.25) is 0 Å². The van der Waals surface area contributed by atoms with E-state index in [2.05, 4.69) is 31.1 Å². The molecule has 1 aromatic carbocycles. The van der Waals surface area contributed by atoms with Gasteiger partial charge in [0.1, 0.15) is 11.5 Å². The maximum Gasteiger partial charge on any atom is 0.145 e. The van der Waals surface area contributed by atoms with Gasteiger partial charge in [-0.2, -0.15) is 10.2 Å². The molecule has 0 saturated heterocycles. The highest BCUT2D eigenvalue weighted by Crippen LogP contribution is 2.22. The Morgan fingerprint density at radius 3 is 2.68 bits per heavy atom. The molecule has 0 aliphatic carbocycles. The van der Waals surface area contributed by atoms with Gasteiger partial charge in [0, 0.05) is 27.4 Å². The lowest BCUT2D eigenvalue weighted by atomic mass is 10.1. The Morgan fingerprint density at radius 1 is 1.23 bits per heavy atom. The standard InChI is InChI=1S/C15H14BrN3O3/c1-9-15(22)13(11(8-20)5-17-9)7-19-18-6-10-4-12(16)2-3-14(10)21/h2-7,20-22H,8H2,1H3. The summed E-state index contributed by atoms with van der Waals surface area (Å²) in [5.74, 6) is 0.0385. The molecule has 1 aromatic heterocycles. The van der Waals surface area contributed by atoms with Gasteiger partial charge in [0.2, 0.25) is 0 Å². The largest absolute Gasteiger partial charge is 0.507 e. The van der Waals surface area contributed by atoms with Gasteiger partial charge in [0.25, 0.3) is 0 Å². The number of aliphatic hydroxyl groups is 1. The van der Waals surface area contributed by atoms with Crippen LogP contribution in [0.15, 0.2) is 39.1 Å². The smallest absolute Gasteiger partial charge is 0.145 e. The molecule has 2 rings (SSSR count). The minimum Gasteiger partial charge on any atom is -0.507 e. The number of pyridine rings is 1. The number of phenolic OH excluding ortho intramolecular Hbond substituents is 1. The Bertz CT molecular complexity index is 745. The van der Waals surface area contributed by atoms with Gasteiger partial charge in [0.15, 0.2) is 0 Å². The van der Waals surface area contributed by atoms with Gasteiger partial charge in [-0.15, -0.1) is 0 Å². The molecular formula is C15H14BrN3O3. The van der Waals surface area contributed by atoms with Crippen LogP contribution in [0.25, 0.3) is 0 Å². The van der Waals surface area contributed by atoms with Gasteiger partial charge < -0.3 is 15.3 Å². The molecular weight excluding hydrogens is 350 g/mol. The molecule has 0 bridgehead atoms. The summed E-state index contributed by atoms with van der Waals surface area (Å²) in [5.41, 5.74) is 1.76. The number of aromatic hydroxyl groups is 2. The predicted octanol–water partition coefficient (Wildman–Crippen LogP) is 2.51. The second-order valence-corrected chi connectivity index (χ2v) is 5.40. The molecule has 0 spiro atoms. The minimum atomic E-state index is -0.266. The van der Waals surface area contributed by atoms with Crippen molar-refractivity contribution >= 4 is 28.4 Å². The first kappa shape index (κ1) is 16.1. The van der Waals surface area contributed by atoms with Crippen molar-refractivity contribution in [2.75, 3.05) is 0 Å². The number of hydrogen-bond donors (Lipinski definition) is 3. The van der Waals surface area contributed by atoms with Crippen LogP contribution < -0.4 is 0 Å². The molecule has 22 heavy (non-hydrogen) atoms. The number of nitrogens with zero attached hydrogens (tertiary/aromatic N) is 3. The van der Waals surface area contributed by atoms with Crippen molar-refractivity contribution in [2.24, 2.45) is 10.2 Å². The van der Waals surface area contributed by atoms with E-state index in [0.717, 1.165) is 4.47 Å². The number of benzene rings is 1. The van der Waals surface area contributed by atoms with E-state index < -0.39 is 0 Å². The molecule has 0 unspecified atom stereocenters. The maximum atomic E-state index is 9.94. The zero-order chi connectivity index (χ0) is 16.1. The first-order chi connectivity index (χ1) is 10.5. The van der Waals surface area contributed by atoms with Crippen LogP contribution in [0.4, 0.5) is 0 Å². The molecule has 0 saturated carbocycles. The monoisotopic (exact) mass is 363 g/mol. The van der Waals surface area contributed by atoms with Gasteiger partial charge in [0.05, 0.1) is 24.7 Å². The van der Waals surface area contributed by atoms with Crippen molar-refractivity contribution in [3.05, 3.63) is 51.3 Å². The van der Waals surface area contributed by atoms with Crippen molar-refractivity contribution in [3.8, 4) is 11.5 Å². The van der Waals surface area contributed by atoms with Gasteiger partial charge in [-0.25, -0.2) is 0 Å². The van der Waals surface area contributed by atoms with Gasteiger partial charge >= 0.3 is 0 Å². The first-order valence-electron chi connectivity index (χ1n) is 6.36. The summed E-state index contributed by atoms with van der Waals surface area (Å²) >= 11 is 3.30. The van der Waals surface area contributed by atoms with Gasteiger partial charge in [-0.3, -0.25) is 4.98 Å². The number of aromatic nitrogens is 1. The van der Waals surface area contributed by atoms with Crippen LogP contribution in [0.5, 0.6) is 11.5 Å². The van der Waals surface area contributed by atoms with Crippen molar-refractivity contribution < 1.29 is 15.3 Å². The van der Waals surface area contributed by atoms with Crippen LogP contribution in [-0.2, 0) is 6.61 Å². The highest BCUT2D eigenvalue weighted by Gasteiger charge is 2.09. The fourth-order valence-electron chi connectivity index (χ4n) is 1.74. The minimum absolute atomic E-state index is 0.0456. The molecule has 0 fully saturated rings. The molecule has 7 heteroatoms. The quantitative estimate of drug-likeness (QED) is 0.574. The van der Waals surface area contributed by atoms with E-state index in [0.29, 0.717) is 22.4 Å². The normalized spacial score (nSPS) is 11.6. The van der Waals surface area contributed by atoms with Crippen LogP contribution in [0, 0.1) is 6.92 Å². The average molecular weight is 364 g/mol. The summed E-state index contributed by atoms with van der Waals surface area (Å²) in [5, 5.41) is 36.5. The van der Waals surface area contributed by atoms with Crippen LogP contribution in [0.3, 0.4) is 0 Å². The van der Waals surface area contributed by atoms with E-state index in [-0.39, 0.29) is 18.1 Å². The Balaban J connectivity index is 2.24. The molecule has 0 amide bonds. The number of hydrogen-bond acceptors (Lipinski definition) is 6. The summed E-state index contributed by atoms with van der Waals surface area (Å²) in [6.07, 6.45) is 4.20. The summed E-state index contributed by atoms with van der Waals surface area (Å²) in [4.78, 5) is 3.96. The van der Waals surface area contributed by atoms with E-state index in [4.69, 9.17) is 0 Å². The lowest BCUT2D eigenvalue weighted by Gasteiger charge is -2.06. The van der Waals surface area contributed by atoms with Crippen LogP contribution >= 0.6 is 15.9 Å². The zero-order valence-corrected chi connectivity index (χ0v) is 13.3. The van der Waals surface area contributed by atoms with E-state index >= 15 is 0 Å². The fourth-order valence-corrected chi connectivity index (χ4v) is 2.12. The number of halogens is 1. The molecule has 114 valence electrons. The average Bonchev–Trinajstić information content (AvgIpc) is 2.51. The van der Waals surface area contributed by atoms with Gasteiger partial charge in [-0.1, -0.05) is 15.9 Å². The molecule has 1 heterocycles. The molecule has 0 aliphatic rings. The summed E-state index contributed by atoms with van der Waals surface area (Å²) in [6.45, 7) is 1.38. The van der Waals surface area contributed by atoms with E-state index in [1.807, 2.05) is 0 Å². The first-order valence-corrected chi connectivity index (χ1v) is 7.15. The van der Waals surface area contributed by atoms with Crippen molar-refractivity contribution in [1.29, 1.82) is 0 Å². The molecule has 0 atom stereocenters. The van der Waals surface area contributed by atoms with Crippen molar-refractivity contribution in [1.82, 2.24) is 4.98 Å². The Labute approximate surface area is 135 Å². The molecule has 2 aromatic rings. The van der Waals surface area contributed by atoms with Crippen LogP contribution in [-0.4, -0.2) is 32.7 Å². The highest BCUT2D eigenvalue weighted by atomic mass is 79.9. The second-order valence-electron chi connectivity index (χ2n) is 4.48. The number of rotatable bonds is 4. The Kier molecular flexibility index (Phi) is 5.24. The third-order valence-corrected chi connectivity index (χ3v) is 3.46. The predicted molar refractivity (Wildman–Crippen MR) is 87.6 cm³/mol. The summed E-state index contributed by atoms with van der Waals surface area (Å²) < 4.78 is 0.806. The Morgan fingerprint density at radius 2 is 1.95 bits per heavy atom. The zero-order valence-electron chi connectivity index (χ0n) is 11.7. The lowest BCUT2D eigenvalue weighted by Crippen LogP contribution is -1.97. The van der Waals surface area contributed by atoms with Crippen LogP contribution in [0.1, 0.15) is 22.4 Å². The SMILES string of the molecule is Cc1ncc(CO)c(C=NN=Cc2cc(Br)ccc2O)c1O. The highest BCUT2D eigenvalue weighted by molar-refractivity contribution is 9.10. The fraction of sp³-hybridized carbons (Fsp3) is 0.133. The molecule has 0 radical (unpaired) electrons. The third-order valence-electron chi connectivity index (χ3n) is 2.97. The molecule has 0 aliphatic heterocycles. The lowest BCUT2D eigenvalue weighted by molar-refractivity contribution is 0.280. The second kappa shape index (κ2) is 7.15. The molecule has 6 nitrogen and oxygen atoms in total. The Hall–Kier alpha value is -2.25. The van der Waals surface area contributed by atoms with Crippen molar-refractivity contribution in [3.63, 3.8) is 0 Å². The van der Waals surface area contributed by atoms with E-state index in [1.165, 1.54) is 24.7 Å². The number of aryl methyl sites for hydroxylation is 1. The summed E-state index contributed by atoms with van der Waals surface area (Å²) in [7, 11) is 0. The summed E-state index contributed by atoms with van der Waals surface area (Å²) in [6, 6.07) is 4.94. The van der Waals surface area contributed by atoms with E-state index in [9.17, 15) is 15.3 Å². The van der Waals surface area contributed by atoms with E-state index in [1.54, 1.807) is 19.1 Å². The number of phenols is 1. The third kappa shape index (κ3) is 3.69. The topological polar surface area (TPSA) is 98.3 Å². The molecule has 3 N–H and O–H groups in total. The number of aliphatic hydroxyl groups excluding tert-OH is 1. The maximum absolute atomic E-state index is 9.94.